The number of hydrogen-bond donors (Lipinski definition) is 1. The van der Waals surface area contributed by atoms with Crippen molar-refractivity contribution in [1.29, 1.82) is 0 Å². The lowest BCUT2D eigenvalue weighted by Gasteiger charge is -2.03. The largest absolute Gasteiger partial charge is 0.323 e. The van der Waals surface area contributed by atoms with Crippen molar-refractivity contribution in [3.63, 3.8) is 0 Å². The van der Waals surface area contributed by atoms with E-state index in [4.69, 9.17) is 12.2 Å². The molecule has 0 atom stereocenters. The minimum absolute atomic E-state index is 0.0439. The van der Waals surface area contributed by atoms with Gasteiger partial charge in [0.05, 0.1) is 5.39 Å². The minimum Gasteiger partial charge on any atom is -0.323 e. The van der Waals surface area contributed by atoms with Crippen molar-refractivity contribution in [3.05, 3.63) is 25.6 Å². The maximum absolute atomic E-state index is 12.3. The number of nitrogens with one attached hydrogen (secondary N) is 1. The summed E-state index contributed by atoms with van der Waals surface area (Å²) in [6.45, 7) is 6.67. The molecule has 0 saturated carbocycles. The van der Waals surface area contributed by atoms with Gasteiger partial charge in [0.2, 0.25) is 0 Å². The van der Waals surface area contributed by atoms with Crippen molar-refractivity contribution in [2.75, 3.05) is 0 Å². The van der Waals surface area contributed by atoms with Gasteiger partial charge in [-0.1, -0.05) is 6.92 Å². The second-order valence-electron chi connectivity index (χ2n) is 3.67. The normalized spacial score (nSPS) is 11.2. The fourth-order valence-electron chi connectivity index (χ4n) is 2.00. The Hall–Kier alpha value is -0.940. The standard InChI is InChI=1S/C11H14N2OS2/c1-4-7-6(3)16-9-8(7)10(14)13(5-2)11(15)12-9/h4-5H2,1-3H3,(H,12,15). The molecule has 86 valence electrons. The van der Waals surface area contributed by atoms with Crippen LogP contribution < -0.4 is 5.56 Å². The molecule has 2 aromatic heterocycles. The van der Waals surface area contributed by atoms with Crippen LogP contribution in [-0.2, 0) is 13.0 Å². The third kappa shape index (κ3) is 1.55. The number of rotatable bonds is 2. The summed E-state index contributed by atoms with van der Waals surface area (Å²) in [6, 6.07) is 0. The lowest BCUT2D eigenvalue weighted by Crippen LogP contribution is -2.21. The van der Waals surface area contributed by atoms with E-state index in [1.165, 1.54) is 4.88 Å². The first-order valence-electron chi connectivity index (χ1n) is 5.35. The van der Waals surface area contributed by atoms with Gasteiger partial charge in [-0.15, -0.1) is 11.3 Å². The van der Waals surface area contributed by atoms with E-state index in [2.05, 4.69) is 18.8 Å². The molecule has 16 heavy (non-hydrogen) atoms. The van der Waals surface area contributed by atoms with E-state index >= 15 is 0 Å². The molecule has 0 aliphatic heterocycles. The SMILES string of the molecule is CCc1c(C)sc2[nH]c(=S)n(CC)c(=O)c12. The van der Waals surface area contributed by atoms with Crippen LogP contribution in [0.2, 0.25) is 0 Å². The van der Waals surface area contributed by atoms with Crippen molar-refractivity contribution in [3.8, 4) is 0 Å². The number of hydrogen-bond acceptors (Lipinski definition) is 3. The minimum atomic E-state index is 0.0439. The molecule has 0 spiro atoms. The van der Waals surface area contributed by atoms with Crippen molar-refractivity contribution in [1.82, 2.24) is 9.55 Å². The summed E-state index contributed by atoms with van der Waals surface area (Å²) in [6.07, 6.45) is 0.884. The molecular formula is C11H14N2OS2. The van der Waals surface area contributed by atoms with Crippen molar-refractivity contribution in [2.24, 2.45) is 0 Å². The Morgan fingerprint density at radius 2 is 2.12 bits per heavy atom. The third-order valence-electron chi connectivity index (χ3n) is 2.80. The summed E-state index contributed by atoms with van der Waals surface area (Å²) in [5.74, 6) is 0. The second kappa shape index (κ2) is 4.14. The maximum atomic E-state index is 12.3. The molecule has 3 nitrogen and oxygen atoms in total. The number of nitrogens with zero attached hydrogens (tertiary/aromatic N) is 1. The molecule has 0 saturated heterocycles. The quantitative estimate of drug-likeness (QED) is 0.837. The van der Waals surface area contributed by atoms with Gasteiger partial charge in [-0.3, -0.25) is 9.36 Å². The van der Waals surface area contributed by atoms with Crippen LogP contribution in [0.15, 0.2) is 4.79 Å². The third-order valence-corrected chi connectivity index (χ3v) is 4.19. The molecule has 0 amide bonds. The summed E-state index contributed by atoms with van der Waals surface area (Å²) >= 11 is 6.78. The highest BCUT2D eigenvalue weighted by Crippen LogP contribution is 2.27. The molecular weight excluding hydrogens is 240 g/mol. The Morgan fingerprint density at radius 3 is 2.69 bits per heavy atom. The van der Waals surface area contributed by atoms with Gasteiger partial charge >= 0.3 is 0 Å². The van der Waals surface area contributed by atoms with Gasteiger partial charge in [0, 0.05) is 11.4 Å². The lowest BCUT2D eigenvalue weighted by atomic mass is 10.1. The van der Waals surface area contributed by atoms with Gasteiger partial charge in [-0.2, -0.15) is 0 Å². The molecule has 0 radical (unpaired) electrons. The van der Waals surface area contributed by atoms with Gasteiger partial charge in [0.15, 0.2) is 4.77 Å². The van der Waals surface area contributed by atoms with Crippen molar-refractivity contribution >= 4 is 33.8 Å². The number of fused-ring (bicyclic) bond motifs is 1. The fourth-order valence-corrected chi connectivity index (χ4v) is 3.51. The van der Waals surface area contributed by atoms with Gasteiger partial charge in [0.1, 0.15) is 4.83 Å². The van der Waals surface area contributed by atoms with Crippen LogP contribution in [-0.4, -0.2) is 9.55 Å². The van der Waals surface area contributed by atoms with Crippen LogP contribution in [0, 0.1) is 11.7 Å². The predicted molar refractivity (Wildman–Crippen MR) is 71.1 cm³/mol. The van der Waals surface area contributed by atoms with E-state index < -0.39 is 0 Å². The van der Waals surface area contributed by atoms with E-state index in [1.54, 1.807) is 15.9 Å². The molecule has 0 fully saturated rings. The smallest absolute Gasteiger partial charge is 0.263 e. The first kappa shape index (κ1) is 11.5. The zero-order valence-electron chi connectivity index (χ0n) is 9.59. The van der Waals surface area contributed by atoms with Gasteiger partial charge in [-0.25, -0.2) is 0 Å². The molecule has 0 unspecified atom stereocenters. The Kier molecular flexibility index (Phi) is 2.99. The first-order valence-corrected chi connectivity index (χ1v) is 6.57. The molecule has 0 aliphatic rings. The van der Waals surface area contributed by atoms with Crippen LogP contribution >= 0.6 is 23.6 Å². The number of thiophene rings is 1. The van der Waals surface area contributed by atoms with Crippen molar-refractivity contribution in [2.45, 2.75) is 33.7 Å². The van der Waals surface area contributed by atoms with Crippen LogP contribution in [0.5, 0.6) is 0 Å². The van der Waals surface area contributed by atoms with Gasteiger partial charge in [-0.05, 0) is 38.0 Å². The molecule has 2 rings (SSSR count). The van der Waals surface area contributed by atoms with Crippen LogP contribution in [0.1, 0.15) is 24.3 Å². The molecule has 2 heterocycles. The van der Waals surface area contributed by atoms with E-state index in [9.17, 15) is 4.79 Å². The topological polar surface area (TPSA) is 37.8 Å². The second-order valence-corrected chi connectivity index (χ2v) is 5.29. The summed E-state index contributed by atoms with van der Waals surface area (Å²) in [5.41, 5.74) is 1.20. The highest BCUT2D eigenvalue weighted by molar-refractivity contribution is 7.71. The summed E-state index contributed by atoms with van der Waals surface area (Å²) in [5, 5.41) is 0.820. The zero-order valence-corrected chi connectivity index (χ0v) is 11.2. The molecule has 0 aliphatic carbocycles. The molecule has 1 N–H and O–H groups in total. The van der Waals surface area contributed by atoms with Crippen LogP contribution in [0.3, 0.4) is 0 Å². The Balaban J connectivity index is 3.01. The van der Waals surface area contributed by atoms with Crippen LogP contribution in [0.25, 0.3) is 10.2 Å². The summed E-state index contributed by atoms with van der Waals surface area (Å²) in [7, 11) is 0. The molecule has 0 aromatic carbocycles. The van der Waals surface area contributed by atoms with Gasteiger partial charge in [0.25, 0.3) is 5.56 Å². The number of aromatic amines is 1. The Bertz CT molecular complexity index is 648. The average Bonchev–Trinajstić information content (AvgIpc) is 2.54. The highest BCUT2D eigenvalue weighted by atomic mass is 32.1. The van der Waals surface area contributed by atoms with Crippen LogP contribution in [0.4, 0.5) is 0 Å². The summed E-state index contributed by atoms with van der Waals surface area (Å²) in [4.78, 5) is 17.5. The average molecular weight is 254 g/mol. The van der Waals surface area contributed by atoms with E-state index in [0.717, 1.165) is 22.2 Å². The Labute approximate surface area is 103 Å². The van der Waals surface area contributed by atoms with Gasteiger partial charge < -0.3 is 4.98 Å². The molecule has 2 aromatic rings. The zero-order chi connectivity index (χ0) is 11.9. The fraction of sp³-hybridized carbons (Fsp3) is 0.455. The molecule has 5 heteroatoms. The number of aryl methyl sites for hydroxylation is 2. The Morgan fingerprint density at radius 1 is 1.44 bits per heavy atom. The monoisotopic (exact) mass is 254 g/mol. The lowest BCUT2D eigenvalue weighted by molar-refractivity contribution is 0.705. The summed E-state index contributed by atoms with van der Waals surface area (Å²) < 4.78 is 2.13. The predicted octanol–water partition coefficient (Wildman–Crippen LogP) is 3.01. The highest BCUT2D eigenvalue weighted by Gasteiger charge is 2.13. The van der Waals surface area contributed by atoms with E-state index in [1.807, 2.05) is 6.92 Å². The first-order chi connectivity index (χ1) is 7.60. The van der Waals surface area contributed by atoms with Crippen molar-refractivity contribution < 1.29 is 0 Å². The maximum Gasteiger partial charge on any atom is 0.263 e. The number of aromatic nitrogens is 2. The molecule has 0 bridgehead atoms. The number of H-pyrrole nitrogens is 1. The van der Waals surface area contributed by atoms with E-state index in [-0.39, 0.29) is 5.56 Å². The van der Waals surface area contributed by atoms with E-state index in [0.29, 0.717) is 11.3 Å².